The summed E-state index contributed by atoms with van der Waals surface area (Å²) in [5, 5.41) is 5.85. The summed E-state index contributed by atoms with van der Waals surface area (Å²) < 4.78 is 11.3. The van der Waals surface area contributed by atoms with Gasteiger partial charge < -0.3 is 20.1 Å². The lowest BCUT2D eigenvalue weighted by molar-refractivity contribution is 0.243. The van der Waals surface area contributed by atoms with Crippen molar-refractivity contribution in [2.45, 2.75) is 39.2 Å². The highest BCUT2D eigenvalue weighted by atomic mass is 16.5. The number of anilines is 1. The first-order valence-electron chi connectivity index (χ1n) is 6.97. The van der Waals surface area contributed by atoms with E-state index < -0.39 is 0 Å². The molecule has 20 heavy (non-hydrogen) atoms. The van der Waals surface area contributed by atoms with Crippen LogP contribution in [0.2, 0.25) is 0 Å². The van der Waals surface area contributed by atoms with E-state index in [1.165, 1.54) is 0 Å². The number of amides is 2. The van der Waals surface area contributed by atoms with E-state index in [0.29, 0.717) is 13.2 Å². The first-order chi connectivity index (χ1) is 9.44. The van der Waals surface area contributed by atoms with Gasteiger partial charge in [0.25, 0.3) is 0 Å². The Kier molecular flexibility index (Phi) is 3.00. The molecule has 5 nitrogen and oxygen atoms in total. The molecule has 0 saturated heterocycles. The zero-order chi connectivity index (χ0) is 14.3. The Morgan fingerprint density at radius 1 is 1.20 bits per heavy atom. The molecule has 2 amide bonds. The molecule has 0 radical (unpaired) electrons. The fourth-order valence-electron chi connectivity index (χ4n) is 2.60. The van der Waals surface area contributed by atoms with Crippen molar-refractivity contribution in [2.75, 3.05) is 18.5 Å². The van der Waals surface area contributed by atoms with Crippen LogP contribution in [0.1, 0.15) is 31.9 Å². The van der Waals surface area contributed by atoms with Gasteiger partial charge in [-0.15, -0.1) is 0 Å². The Balaban J connectivity index is 1.91. The second-order valence-corrected chi connectivity index (χ2v) is 6.24. The molecule has 0 aliphatic carbocycles. The van der Waals surface area contributed by atoms with Crippen molar-refractivity contribution in [3.05, 3.63) is 17.2 Å². The number of urea groups is 1. The summed E-state index contributed by atoms with van der Waals surface area (Å²) in [5.41, 5.74) is 2.64. The van der Waals surface area contributed by atoms with Gasteiger partial charge in [0.1, 0.15) is 11.5 Å². The first-order valence-corrected chi connectivity index (χ1v) is 6.97. The van der Waals surface area contributed by atoms with Crippen LogP contribution in [0.15, 0.2) is 6.07 Å². The van der Waals surface area contributed by atoms with Crippen molar-refractivity contribution >= 4 is 11.7 Å². The van der Waals surface area contributed by atoms with Gasteiger partial charge in [-0.1, -0.05) is 0 Å². The summed E-state index contributed by atoms with van der Waals surface area (Å²) in [6.07, 6.45) is 1.67. The Hall–Kier alpha value is -1.91. The predicted molar refractivity (Wildman–Crippen MR) is 76.7 cm³/mol. The highest BCUT2D eigenvalue weighted by Gasteiger charge is 2.28. The molecular formula is C15H20N2O3. The zero-order valence-electron chi connectivity index (χ0n) is 12.1. The van der Waals surface area contributed by atoms with E-state index in [0.717, 1.165) is 41.2 Å². The molecule has 0 fully saturated rings. The minimum atomic E-state index is -0.275. The average molecular weight is 276 g/mol. The summed E-state index contributed by atoms with van der Waals surface area (Å²) in [6.45, 7) is 7.17. The molecule has 5 heteroatoms. The van der Waals surface area contributed by atoms with E-state index in [1.54, 1.807) is 0 Å². The van der Waals surface area contributed by atoms with Crippen molar-refractivity contribution in [3.8, 4) is 11.5 Å². The summed E-state index contributed by atoms with van der Waals surface area (Å²) >= 11 is 0. The maximum Gasteiger partial charge on any atom is 0.319 e. The largest absolute Gasteiger partial charge is 0.493 e. The number of carbonyl (C=O) groups excluding carboxylic acids is 1. The Bertz CT molecular complexity index is 529. The third-order valence-electron chi connectivity index (χ3n) is 3.38. The molecule has 0 spiro atoms. The van der Waals surface area contributed by atoms with E-state index in [-0.39, 0.29) is 11.6 Å². The van der Waals surface area contributed by atoms with E-state index in [4.69, 9.17) is 9.47 Å². The molecule has 3 rings (SSSR count). The predicted octanol–water partition coefficient (Wildman–Crippen LogP) is 2.48. The molecule has 0 unspecified atom stereocenters. The Labute approximate surface area is 118 Å². The first kappa shape index (κ1) is 13.1. The molecule has 0 saturated carbocycles. The van der Waals surface area contributed by atoms with Gasteiger partial charge in [-0.3, -0.25) is 0 Å². The number of carbonyl (C=O) groups is 1. The molecule has 0 bridgehead atoms. The van der Waals surface area contributed by atoms with Crippen LogP contribution in [0.4, 0.5) is 10.5 Å². The van der Waals surface area contributed by atoms with Gasteiger partial charge in [-0.25, -0.2) is 4.79 Å². The fraction of sp³-hybridized carbons (Fsp3) is 0.533. The minimum Gasteiger partial charge on any atom is -0.493 e. The van der Waals surface area contributed by atoms with E-state index in [2.05, 4.69) is 10.6 Å². The van der Waals surface area contributed by atoms with Gasteiger partial charge in [-0.2, -0.15) is 0 Å². The number of hydrogen-bond acceptors (Lipinski definition) is 3. The number of rotatable bonds is 1. The van der Waals surface area contributed by atoms with Crippen LogP contribution in [0, 0.1) is 0 Å². The molecule has 1 aromatic carbocycles. The van der Waals surface area contributed by atoms with E-state index in [1.807, 2.05) is 26.8 Å². The van der Waals surface area contributed by atoms with Crippen LogP contribution in [0.25, 0.3) is 0 Å². The van der Waals surface area contributed by atoms with Crippen molar-refractivity contribution in [3.63, 3.8) is 0 Å². The van der Waals surface area contributed by atoms with Crippen LogP contribution in [-0.2, 0) is 12.8 Å². The lowest BCUT2D eigenvalue weighted by Gasteiger charge is -2.22. The third-order valence-corrected chi connectivity index (χ3v) is 3.38. The third kappa shape index (κ3) is 2.40. The maximum atomic E-state index is 12.1. The van der Waals surface area contributed by atoms with Crippen molar-refractivity contribution in [2.24, 2.45) is 0 Å². The molecule has 2 aliphatic rings. The molecular weight excluding hydrogens is 256 g/mol. The van der Waals surface area contributed by atoms with Gasteiger partial charge in [0.2, 0.25) is 0 Å². The highest BCUT2D eigenvalue weighted by Crippen LogP contribution is 2.44. The second-order valence-electron chi connectivity index (χ2n) is 6.24. The number of nitrogens with one attached hydrogen (secondary N) is 2. The van der Waals surface area contributed by atoms with Crippen molar-refractivity contribution < 1.29 is 14.3 Å². The molecule has 2 heterocycles. The monoisotopic (exact) mass is 276 g/mol. The van der Waals surface area contributed by atoms with Gasteiger partial charge in [0.15, 0.2) is 0 Å². The molecule has 108 valence electrons. The Morgan fingerprint density at radius 3 is 2.70 bits per heavy atom. The van der Waals surface area contributed by atoms with Crippen LogP contribution in [0.3, 0.4) is 0 Å². The molecule has 0 atom stereocenters. The number of benzene rings is 1. The average Bonchev–Trinajstić information content (AvgIpc) is 2.93. The molecule has 2 N–H and O–H groups in total. The standard InChI is InChI=1S/C15H20N2O3/c1-15(2,3)17-14(18)16-12-10-5-7-19-11(10)8-9-4-6-20-13(9)12/h8H,4-7H2,1-3H3,(H2,16,17,18). The summed E-state index contributed by atoms with van der Waals surface area (Å²) in [7, 11) is 0. The lowest BCUT2D eigenvalue weighted by atomic mass is 10.0. The Morgan fingerprint density at radius 2 is 1.95 bits per heavy atom. The van der Waals surface area contributed by atoms with Gasteiger partial charge in [-0.05, 0) is 26.8 Å². The fourth-order valence-corrected chi connectivity index (χ4v) is 2.60. The minimum absolute atomic E-state index is 0.212. The lowest BCUT2D eigenvalue weighted by Crippen LogP contribution is -2.43. The van der Waals surface area contributed by atoms with Gasteiger partial charge in [0, 0.05) is 29.5 Å². The smallest absolute Gasteiger partial charge is 0.319 e. The van der Waals surface area contributed by atoms with Gasteiger partial charge >= 0.3 is 6.03 Å². The van der Waals surface area contributed by atoms with Crippen LogP contribution in [0.5, 0.6) is 11.5 Å². The van der Waals surface area contributed by atoms with Crippen molar-refractivity contribution in [1.82, 2.24) is 5.32 Å². The molecule has 1 aromatic rings. The normalized spacial score (nSPS) is 15.9. The van der Waals surface area contributed by atoms with E-state index in [9.17, 15) is 4.79 Å². The van der Waals surface area contributed by atoms with Gasteiger partial charge in [0.05, 0.1) is 18.9 Å². The number of hydrogen-bond donors (Lipinski definition) is 2. The highest BCUT2D eigenvalue weighted by molar-refractivity contribution is 5.93. The zero-order valence-corrected chi connectivity index (χ0v) is 12.1. The summed E-state index contributed by atoms with van der Waals surface area (Å²) in [4.78, 5) is 12.1. The van der Waals surface area contributed by atoms with Crippen LogP contribution >= 0.6 is 0 Å². The SMILES string of the molecule is CC(C)(C)NC(=O)Nc1c2c(cc3c1OCC3)OCC2. The topological polar surface area (TPSA) is 59.6 Å². The summed E-state index contributed by atoms with van der Waals surface area (Å²) in [6, 6.07) is 1.83. The quantitative estimate of drug-likeness (QED) is 0.828. The maximum absolute atomic E-state index is 12.1. The number of fused-ring (bicyclic) bond motifs is 2. The van der Waals surface area contributed by atoms with E-state index >= 15 is 0 Å². The van der Waals surface area contributed by atoms with Crippen LogP contribution < -0.4 is 20.1 Å². The van der Waals surface area contributed by atoms with Crippen LogP contribution in [-0.4, -0.2) is 24.8 Å². The van der Waals surface area contributed by atoms with Crippen molar-refractivity contribution in [1.29, 1.82) is 0 Å². The summed E-state index contributed by atoms with van der Waals surface area (Å²) in [5.74, 6) is 1.68. The number of ether oxygens (including phenoxy) is 2. The molecule has 0 aromatic heterocycles. The second kappa shape index (κ2) is 4.58. The molecule has 2 aliphatic heterocycles.